The minimum Gasteiger partial charge on any atom is -0.298 e. The largest absolute Gasteiger partial charge is 0.298 e. The Labute approximate surface area is 112 Å². The van der Waals surface area contributed by atoms with Crippen LogP contribution in [0.4, 0.5) is 0 Å². The van der Waals surface area contributed by atoms with Crippen molar-refractivity contribution >= 4 is 30.0 Å². The quantitative estimate of drug-likeness (QED) is 0.578. The molecule has 0 aliphatic rings. The molecular formula is C16H13ClO. The minimum atomic E-state index is 0.674. The molecule has 0 aliphatic heterocycles. The van der Waals surface area contributed by atoms with E-state index in [0.717, 1.165) is 28.0 Å². The van der Waals surface area contributed by atoms with Gasteiger partial charge in [-0.2, -0.15) is 0 Å². The molecule has 0 aromatic heterocycles. The van der Waals surface area contributed by atoms with Gasteiger partial charge in [-0.25, -0.2) is 0 Å². The highest BCUT2D eigenvalue weighted by molar-refractivity contribution is 6.32. The number of hydrogen-bond acceptors (Lipinski definition) is 1. The van der Waals surface area contributed by atoms with Crippen LogP contribution in [0.2, 0.25) is 5.02 Å². The minimum absolute atomic E-state index is 0.674. The fourth-order valence-electron chi connectivity index (χ4n) is 1.77. The Morgan fingerprint density at radius 1 is 1.00 bits per heavy atom. The molecule has 2 aromatic rings. The lowest BCUT2D eigenvalue weighted by atomic mass is 10.1. The van der Waals surface area contributed by atoms with Crippen molar-refractivity contribution in [2.24, 2.45) is 0 Å². The van der Waals surface area contributed by atoms with Gasteiger partial charge in [0.2, 0.25) is 0 Å². The van der Waals surface area contributed by atoms with Gasteiger partial charge in [0, 0.05) is 10.6 Å². The number of rotatable bonds is 3. The van der Waals surface area contributed by atoms with Crippen molar-refractivity contribution in [1.82, 2.24) is 0 Å². The molecule has 0 atom stereocenters. The van der Waals surface area contributed by atoms with Crippen LogP contribution in [-0.2, 0) is 0 Å². The summed E-state index contributed by atoms with van der Waals surface area (Å²) in [5.41, 5.74) is 3.80. The molecule has 2 rings (SSSR count). The van der Waals surface area contributed by atoms with Crippen molar-refractivity contribution in [1.29, 1.82) is 0 Å². The van der Waals surface area contributed by atoms with E-state index in [4.69, 9.17) is 11.6 Å². The molecule has 18 heavy (non-hydrogen) atoms. The first-order valence-electron chi connectivity index (χ1n) is 5.69. The third-order valence-corrected chi connectivity index (χ3v) is 3.09. The third kappa shape index (κ3) is 2.88. The fraction of sp³-hybridized carbons (Fsp3) is 0.0625. The Morgan fingerprint density at radius 3 is 2.44 bits per heavy atom. The molecule has 2 heteroatoms. The van der Waals surface area contributed by atoms with Crippen LogP contribution in [0.15, 0.2) is 42.5 Å². The molecule has 0 spiro atoms. The number of carbonyl (C=O) groups is 1. The smallest absolute Gasteiger partial charge is 0.150 e. The molecule has 0 saturated heterocycles. The average Bonchev–Trinajstić information content (AvgIpc) is 2.38. The van der Waals surface area contributed by atoms with Crippen molar-refractivity contribution in [2.45, 2.75) is 6.92 Å². The van der Waals surface area contributed by atoms with E-state index in [-0.39, 0.29) is 0 Å². The first-order valence-corrected chi connectivity index (χ1v) is 6.07. The van der Waals surface area contributed by atoms with Crippen LogP contribution in [0.25, 0.3) is 12.2 Å². The predicted octanol–water partition coefficient (Wildman–Crippen LogP) is 4.63. The maximum absolute atomic E-state index is 10.7. The van der Waals surface area contributed by atoms with E-state index < -0.39 is 0 Å². The van der Waals surface area contributed by atoms with Crippen molar-refractivity contribution in [2.75, 3.05) is 0 Å². The normalized spacial score (nSPS) is 10.8. The summed E-state index contributed by atoms with van der Waals surface area (Å²) in [4.78, 5) is 10.7. The Morgan fingerprint density at radius 2 is 1.72 bits per heavy atom. The maximum atomic E-state index is 10.7. The second-order valence-electron chi connectivity index (χ2n) is 4.09. The van der Waals surface area contributed by atoms with Crippen LogP contribution in [0, 0.1) is 6.92 Å². The standard InChI is InChI=1S/C16H13ClO/c1-12-4-2-7-16(17)15(12)9-8-13-5-3-6-14(10-13)11-18/h2-11H,1H3/b9-8+. The Kier molecular flexibility index (Phi) is 3.96. The van der Waals surface area contributed by atoms with Crippen LogP contribution in [-0.4, -0.2) is 6.29 Å². The summed E-state index contributed by atoms with van der Waals surface area (Å²) in [6, 6.07) is 13.3. The number of aryl methyl sites for hydroxylation is 1. The summed E-state index contributed by atoms with van der Waals surface area (Å²) in [7, 11) is 0. The van der Waals surface area contributed by atoms with E-state index in [1.54, 1.807) is 6.07 Å². The average molecular weight is 257 g/mol. The van der Waals surface area contributed by atoms with E-state index in [2.05, 4.69) is 0 Å². The van der Waals surface area contributed by atoms with E-state index in [0.29, 0.717) is 5.56 Å². The highest BCUT2D eigenvalue weighted by Gasteiger charge is 1.99. The zero-order valence-corrected chi connectivity index (χ0v) is 10.8. The molecule has 0 bridgehead atoms. The molecule has 0 aliphatic carbocycles. The molecule has 0 unspecified atom stereocenters. The SMILES string of the molecule is Cc1cccc(Cl)c1/C=C/c1cccc(C=O)c1. The molecule has 2 aromatic carbocycles. The maximum Gasteiger partial charge on any atom is 0.150 e. The summed E-state index contributed by atoms with van der Waals surface area (Å²) in [5, 5.41) is 0.734. The molecule has 0 radical (unpaired) electrons. The van der Waals surface area contributed by atoms with E-state index in [1.807, 2.05) is 55.5 Å². The van der Waals surface area contributed by atoms with Gasteiger partial charge in [-0.05, 0) is 35.7 Å². The molecule has 0 amide bonds. The third-order valence-electron chi connectivity index (χ3n) is 2.76. The second-order valence-corrected chi connectivity index (χ2v) is 4.50. The number of carbonyl (C=O) groups excluding carboxylic acids is 1. The van der Waals surface area contributed by atoms with Crippen LogP contribution >= 0.6 is 11.6 Å². The van der Waals surface area contributed by atoms with E-state index in [9.17, 15) is 4.79 Å². The monoisotopic (exact) mass is 256 g/mol. The van der Waals surface area contributed by atoms with Crippen molar-refractivity contribution in [3.8, 4) is 0 Å². The first kappa shape index (κ1) is 12.6. The number of aldehydes is 1. The van der Waals surface area contributed by atoms with Gasteiger partial charge in [0.15, 0.2) is 0 Å². The van der Waals surface area contributed by atoms with Crippen molar-refractivity contribution < 1.29 is 4.79 Å². The zero-order valence-electron chi connectivity index (χ0n) is 10.1. The highest BCUT2D eigenvalue weighted by Crippen LogP contribution is 2.22. The number of benzene rings is 2. The van der Waals surface area contributed by atoms with Crippen LogP contribution < -0.4 is 0 Å². The fourth-order valence-corrected chi connectivity index (χ4v) is 2.06. The van der Waals surface area contributed by atoms with Gasteiger partial charge >= 0.3 is 0 Å². The van der Waals surface area contributed by atoms with Gasteiger partial charge in [0.05, 0.1) is 0 Å². The molecular weight excluding hydrogens is 244 g/mol. The van der Waals surface area contributed by atoms with Gasteiger partial charge in [-0.1, -0.05) is 54.1 Å². The lowest BCUT2D eigenvalue weighted by Crippen LogP contribution is -1.82. The van der Waals surface area contributed by atoms with Crippen LogP contribution in [0.3, 0.4) is 0 Å². The summed E-state index contributed by atoms with van der Waals surface area (Å²) in [5.74, 6) is 0. The Hall–Kier alpha value is -1.86. The second kappa shape index (κ2) is 5.65. The molecule has 90 valence electrons. The molecule has 1 nitrogen and oxygen atoms in total. The van der Waals surface area contributed by atoms with Gasteiger partial charge in [-0.3, -0.25) is 4.79 Å². The summed E-state index contributed by atoms with van der Waals surface area (Å²) in [6.07, 6.45) is 4.78. The Balaban J connectivity index is 2.32. The topological polar surface area (TPSA) is 17.1 Å². The highest BCUT2D eigenvalue weighted by atomic mass is 35.5. The van der Waals surface area contributed by atoms with E-state index in [1.165, 1.54) is 0 Å². The molecule has 0 fully saturated rings. The van der Waals surface area contributed by atoms with E-state index >= 15 is 0 Å². The summed E-state index contributed by atoms with van der Waals surface area (Å²) in [6.45, 7) is 2.02. The molecule has 0 saturated carbocycles. The summed E-state index contributed by atoms with van der Waals surface area (Å²) >= 11 is 6.15. The van der Waals surface area contributed by atoms with Crippen molar-refractivity contribution in [3.05, 3.63) is 69.7 Å². The lowest BCUT2D eigenvalue weighted by molar-refractivity contribution is 0.112. The van der Waals surface area contributed by atoms with Gasteiger partial charge in [0.1, 0.15) is 6.29 Å². The zero-order chi connectivity index (χ0) is 13.0. The summed E-state index contributed by atoms with van der Waals surface area (Å²) < 4.78 is 0. The lowest BCUT2D eigenvalue weighted by Gasteiger charge is -2.02. The number of hydrogen-bond donors (Lipinski definition) is 0. The molecule has 0 N–H and O–H groups in total. The van der Waals surface area contributed by atoms with Gasteiger partial charge in [-0.15, -0.1) is 0 Å². The van der Waals surface area contributed by atoms with Gasteiger partial charge < -0.3 is 0 Å². The Bertz CT molecular complexity index is 580. The van der Waals surface area contributed by atoms with Gasteiger partial charge in [0.25, 0.3) is 0 Å². The first-order chi connectivity index (χ1) is 8.70. The van der Waals surface area contributed by atoms with Crippen molar-refractivity contribution in [3.63, 3.8) is 0 Å². The predicted molar refractivity (Wildman–Crippen MR) is 76.9 cm³/mol. The number of halogens is 1. The van der Waals surface area contributed by atoms with Crippen LogP contribution in [0.1, 0.15) is 27.0 Å². The molecule has 0 heterocycles. The van der Waals surface area contributed by atoms with Crippen LogP contribution in [0.5, 0.6) is 0 Å².